The van der Waals surface area contributed by atoms with E-state index in [9.17, 15) is 4.79 Å². The summed E-state index contributed by atoms with van der Waals surface area (Å²) in [6.07, 6.45) is 6.99. The zero-order valence-electron chi connectivity index (χ0n) is 29.3. The van der Waals surface area contributed by atoms with Crippen LogP contribution in [0.15, 0.2) is 91.0 Å². The minimum absolute atomic E-state index is 0.0232. The first-order valence-electron chi connectivity index (χ1n) is 18.1. The number of carbonyl (C=O) groups excluding carboxylic acids is 1. The quantitative estimate of drug-likeness (QED) is 0.245. The molecule has 6 heteroatoms. The van der Waals surface area contributed by atoms with E-state index in [1.807, 2.05) is 20.8 Å². The van der Waals surface area contributed by atoms with Crippen LogP contribution in [0.5, 0.6) is 0 Å². The Morgan fingerprint density at radius 3 is 1.79 bits per heavy atom. The molecule has 0 spiro atoms. The van der Waals surface area contributed by atoms with Crippen molar-refractivity contribution in [2.24, 2.45) is 11.8 Å². The lowest BCUT2D eigenvalue weighted by Crippen LogP contribution is -2.70. The maximum absolute atomic E-state index is 14.2. The van der Waals surface area contributed by atoms with Gasteiger partial charge in [-0.1, -0.05) is 125 Å². The molecular formula is C41H54N2O3Si. The highest BCUT2D eigenvalue weighted by Crippen LogP contribution is 2.54. The van der Waals surface area contributed by atoms with Crippen LogP contribution in [0, 0.1) is 11.8 Å². The number of piperidine rings is 2. The Hall–Kier alpha value is -2.93. The van der Waals surface area contributed by atoms with Crippen LogP contribution in [0.3, 0.4) is 0 Å². The van der Waals surface area contributed by atoms with Crippen molar-refractivity contribution in [3.8, 4) is 0 Å². The van der Waals surface area contributed by atoms with Crippen molar-refractivity contribution >= 4 is 24.8 Å². The highest BCUT2D eigenvalue weighted by molar-refractivity contribution is 6.99. The predicted octanol–water partition coefficient (Wildman–Crippen LogP) is 7.77. The molecule has 1 aliphatic carbocycles. The molecular weight excluding hydrogens is 597 g/mol. The van der Waals surface area contributed by atoms with Gasteiger partial charge in [0, 0.05) is 12.6 Å². The molecule has 3 aromatic rings. The average molecular weight is 651 g/mol. The summed E-state index contributed by atoms with van der Waals surface area (Å²) in [5.41, 5.74) is 0.783. The number of amides is 1. The van der Waals surface area contributed by atoms with Gasteiger partial charge >= 0.3 is 6.09 Å². The summed E-state index contributed by atoms with van der Waals surface area (Å²) < 4.78 is 14.3. The molecule has 3 aromatic carbocycles. The molecule has 0 aromatic heterocycles. The van der Waals surface area contributed by atoms with E-state index < -0.39 is 13.9 Å². The molecule has 3 aliphatic heterocycles. The fourth-order valence-electron chi connectivity index (χ4n) is 9.98. The van der Waals surface area contributed by atoms with E-state index in [0.29, 0.717) is 17.9 Å². The third-order valence-electron chi connectivity index (χ3n) is 11.6. The molecule has 250 valence electrons. The molecule has 4 fully saturated rings. The van der Waals surface area contributed by atoms with E-state index in [2.05, 4.69) is 122 Å². The van der Waals surface area contributed by atoms with E-state index in [0.717, 1.165) is 19.4 Å². The molecule has 3 bridgehead atoms. The summed E-state index contributed by atoms with van der Waals surface area (Å²) in [7, 11) is -2.91. The van der Waals surface area contributed by atoms with Crippen LogP contribution in [0.25, 0.3) is 0 Å². The number of ether oxygens (including phenoxy) is 1. The molecule has 0 radical (unpaired) electrons. The Bertz CT molecular complexity index is 1470. The van der Waals surface area contributed by atoms with Gasteiger partial charge in [0.25, 0.3) is 8.32 Å². The number of hydrogen-bond donors (Lipinski definition) is 0. The van der Waals surface area contributed by atoms with Crippen LogP contribution in [0.4, 0.5) is 4.79 Å². The Balaban J connectivity index is 1.40. The first kappa shape index (κ1) is 32.6. The summed E-state index contributed by atoms with van der Waals surface area (Å²) in [6.45, 7) is 13.9. The number of hydrogen-bond acceptors (Lipinski definition) is 4. The summed E-state index contributed by atoms with van der Waals surface area (Å²) in [5.74, 6) is 1.24. The number of benzene rings is 3. The minimum atomic E-state index is -2.91. The molecule has 6 atom stereocenters. The number of rotatable bonds is 7. The number of fused-ring (bicyclic) bond motifs is 2. The average Bonchev–Trinajstić information content (AvgIpc) is 3.60. The second-order valence-electron chi connectivity index (χ2n) is 16.7. The monoisotopic (exact) mass is 650 g/mol. The lowest BCUT2D eigenvalue weighted by atomic mass is 9.74. The van der Waals surface area contributed by atoms with Gasteiger partial charge in [-0.3, -0.25) is 9.80 Å². The van der Waals surface area contributed by atoms with Gasteiger partial charge in [-0.05, 0) is 79.3 Å². The molecule has 5 nitrogen and oxygen atoms in total. The first-order chi connectivity index (χ1) is 22.5. The van der Waals surface area contributed by atoms with E-state index >= 15 is 0 Å². The zero-order valence-corrected chi connectivity index (χ0v) is 30.3. The van der Waals surface area contributed by atoms with E-state index in [-0.39, 0.29) is 35.4 Å². The first-order valence-corrected chi connectivity index (χ1v) is 20.0. The lowest BCUT2D eigenvalue weighted by Gasteiger charge is -2.53. The van der Waals surface area contributed by atoms with Gasteiger partial charge in [0.05, 0.1) is 24.2 Å². The second kappa shape index (κ2) is 12.5. The maximum atomic E-state index is 14.2. The van der Waals surface area contributed by atoms with Crippen LogP contribution < -0.4 is 10.4 Å². The van der Waals surface area contributed by atoms with E-state index in [1.165, 1.54) is 41.6 Å². The van der Waals surface area contributed by atoms with Crippen molar-refractivity contribution in [3.05, 3.63) is 96.6 Å². The predicted molar refractivity (Wildman–Crippen MR) is 192 cm³/mol. The van der Waals surface area contributed by atoms with Crippen molar-refractivity contribution in [1.82, 2.24) is 9.80 Å². The van der Waals surface area contributed by atoms with Crippen LogP contribution in [-0.4, -0.2) is 60.1 Å². The van der Waals surface area contributed by atoms with Crippen LogP contribution in [0.1, 0.15) is 85.6 Å². The van der Waals surface area contributed by atoms with E-state index in [4.69, 9.17) is 9.16 Å². The minimum Gasteiger partial charge on any atom is -0.444 e. The van der Waals surface area contributed by atoms with Gasteiger partial charge in [0.1, 0.15) is 5.60 Å². The fourth-order valence-corrected chi connectivity index (χ4v) is 14.7. The molecule has 1 amide bonds. The largest absolute Gasteiger partial charge is 0.444 e. The molecule has 3 saturated heterocycles. The number of carbonyl (C=O) groups is 1. The summed E-state index contributed by atoms with van der Waals surface area (Å²) >= 11 is 0. The highest BCUT2D eigenvalue weighted by atomic mass is 28.4. The molecule has 4 aliphatic rings. The van der Waals surface area contributed by atoms with Crippen LogP contribution in [-0.2, 0) is 15.7 Å². The van der Waals surface area contributed by atoms with Crippen LogP contribution >= 0.6 is 0 Å². The van der Waals surface area contributed by atoms with E-state index in [1.54, 1.807) is 0 Å². The fraction of sp³-hybridized carbons (Fsp3) is 0.537. The Kier molecular flexibility index (Phi) is 8.68. The summed E-state index contributed by atoms with van der Waals surface area (Å²) in [6, 6.07) is 33.7. The lowest BCUT2D eigenvalue weighted by molar-refractivity contribution is -0.0598. The second-order valence-corrected chi connectivity index (χ2v) is 20.9. The smallest absolute Gasteiger partial charge is 0.410 e. The van der Waals surface area contributed by atoms with Crippen molar-refractivity contribution in [1.29, 1.82) is 0 Å². The SMILES string of the molecule is CC(C)(C)OC(=O)N1C2CC3CC1[C@H](O[Si](c1ccccc1)(c1ccccc1)C(C)(C)C)C2N(Cc1ccccc1)C3C1CCCC1. The third kappa shape index (κ3) is 5.89. The normalized spacial score (nSPS) is 28.2. The summed E-state index contributed by atoms with van der Waals surface area (Å²) in [5, 5.41) is 2.43. The van der Waals surface area contributed by atoms with Gasteiger partial charge in [-0.2, -0.15) is 0 Å². The Morgan fingerprint density at radius 2 is 1.26 bits per heavy atom. The highest BCUT2D eigenvalue weighted by Gasteiger charge is 2.66. The molecule has 1 saturated carbocycles. The van der Waals surface area contributed by atoms with Gasteiger partial charge in [-0.25, -0.2) is 4.79 Å². The van der Waals surface area contributed by atoms with Crippen molar-refractivity contribution in [2.75, 3.05) is 0 Å². The van der Waals surface area contributed by atoms with Gasteiger partial charge in [0.15, 0.2) is 0 Å². The van der Waals surface area contributed by atoms with Crippen molar-refractivity contribution in [3.63, 3.8) is 0 Å². The standard InChI is InChI=1S/C41H54N2O3Si/c1-40(2,3)45-39(44)43-34-26-31-27-35(43)38(37(34)42(28-29-18-10-7-11-19-29)36(31)30-20-16-17-21-30)46-47(41(4,5)6,32-22-12-8-13-23-32)33-24-14-9-15-25-33/h7-15,18-19,22-25,30-31,34-38H,16-17,20-21,26-28H2,1-6H3/t31?,34?,35?,36?,37?,38-/m0/s1. The summed E-state index contributed by atoms with van der Waals surface area (Å²) in [4.78, 5) is 19.2. The maximum Gasteiger partial charge on any atom is 0.410 e. The van der Waals surface area contributed by atoms with Gasteiger partial charge in [0.2, 0.25) is 0 Å². The van der Waals surface area contributed by atoms with Crippen molar-refractivity contribution in [2.45, 2.75) is 128 Å². The number of nitrogens with zero attached hydrogens (tertiary/aromatic N) is 2. The molecule has 3 heterocycles. The molecule has 7 rings (SSSR count). The Morgan fingerprint density at radius 1 is 0.723 bits per heavy atom. The Labute approximate surface area is 283 Å². The molecule has 0 N–H and O–H groups in total. The number of likely N-dealkylation sites (tertiary alicyclic amines) is 1. The molecule has 47 heavy (non-hydrogen) atoms. The van der Waals surface area contributed by atoms with Crippen LogP contribution in [0.2, 0.25) is 5.04 Å². The topological polar surface area (TPSA) is 42.0 Å². The third-order valence-corrected chi connectivity index (χ3v) is 16.6. The zero-order chi connectivity index (χ0) is 33.0. The van der Waals surface area contributed by atoms with Crippen molar-refractivity contribution < 1.29 is 14.0 Å². The molecule has 5 unspecified atom stereocenters. The van der Waals surface area contributed by atoms with Gasteiger partial charge < -0.3 is 9.16 Å². The van der Waals surface area contributed by atoms with Gasteiger partial charge in [-0.15, -0.1) is 0 Å².